The lowest BCUT2D eigenvalue weighted by atomic mass is 10.5. The molecule has 8 heteroatoms. The first-order valence-corrected chi connectivity index (χ1v) is 6.64. The average Bonchev–Trinajstić information content (AvgIpc) is 2.94. The number of amides is 1. The number of aryl methyl sites for hydroxylation is 1. The predicted molar refractivity (Wildman–Crippen MR) is 67.1 cm³/mol. The Balaban J connectivity index is 1.97. The van der Waals surface area contributed by atoms with Crippen LogP contribution in [-0.4, -0.2) is 27.0 Å². The second-order valence-electron chi connectivity index (χ2n) is 3.40. The molecule has 0 aromatic carbocycles. The minimum absolute atomic E-state index is 0.0924. The van der Waals surface area contributed by atoms with E-state index in [9.17, 15) is 9.59 Å². The van der Waals surface area contributed by atoms with Crippen LogP contribution in [0.15, 0.2) is 11.6 Å². The van der Waals surface area contributed by atoms with Gasteiger partial charge in [-0.05, 0) is 6.92 Å². The van der Waals surface area contributed by atoms with E-state index in [0.29, 0.717) is 6.54 Å². The van der Waals surface area contributed by atoms with Crippen molar-refractivity contribution in [3.63, 3.8) is 0 Å². The zero-order chi connectivity index (χ0) is 13.1. The Morgan fingerprint density at radius 1 is 1.50 bits per heavy atom. The average molecular weight is 283 g/mol. The van der Waals surface area contributed by atoms with Gasteiger partial charge in [-0.25, -0.2) is 14.8 Å². The van der Waals surface area contributed by atoms with Crippen LogP contribution in [0.3, 0.4) is 0 Å². The molecule has 6 nitrogen and oxygen atoms in total. The van der Waals surface area contributed by atoms with Crippen LogP contribution in [0.4, 0.5) is 0 Å². The molecule has 2 aromatic rings. The zero-order valence-corrected chi connectivity index (χ0v) is 11.0. The summed E-state index contributed by atoms with van der Waals surface area (Å²) in [6.45, 7) is 2.21. The third-order valence-electron chi connectivity index (χ3n) is 1.98. The van der Waals surface area contributed by atoms with Crippen LogP contribution in [0.5, 0.6) is 0 Å². The van der Waals surface area contributed by atoms with Crippen molar-refractivity contribution >= 4 is 34.6 Å². The van der Waals surface area contributed by atoms with Crippen molar-refractivity contribution in [1.29, 1.82) is 0 Å². The van der Waals surface area contributed by atoms with Crippen molar-refractivity contribution in [2.75, 3.05) is 0 Å². The van der Waals surface area contributed by atoms with Crippen LogP contribution >= 0.6 is 22.7 Å². The van der Waals surface area contributed by atoms with Gasteiger partial charge in [-0.3, -0.25) is 4.79 Å². The molecule has 94 valence electrons. The molecule has 2 rings (SSSR count). The minimum Gasteiger partial charge on any atom is -0.476 e. The topological polar surface area (TPSA) is 92.2 Å². The van der Waals surface area contributed by atoms with Crippen LogP contribution < -0.4 is 5.32 Å². The maximum Gasteiger partial charge on any atom is 0.365 e. The molecule has 0 spiro atoms. The lowest BCUT2D eigenvalue weighted by Crippen LogP contribution is -2.21. The van der Waals surface area contributed by atoms with Gasteiger partial charge < -0.3 is 10.4 Å². The molecule has 2 heterocycles. The van der Waals surface area contributed by atoms with Gasteiger partial charge in [0.2, 0.25) is 5.01 Å². The van der Waals surface area contributed by atoms with E-state index in [1.54, 1.807) is 0 Å². The lowest BCUT2D eigenvalue weighted by molar-refractivity contribution is 0.0696. The lowest BCUT2D eigenvalue weighted by Gasteiger charge is -1.99. The first kappa shape index (κ1) is 12.7. The summed E-state index contributed by atoms with van der Waals surface area (Å²) in [4.78, 5) is 30.5. The van der Waals surface area contributed by atoms with Gasteiger partial charge in [0.1, 0.15) is 9.88 Å². The van der Waals surface area contributed by atoms with Crippen molar-refractivity contribution in [3.8, 4) is 0 Å². The molecule has 0 fully saturated rings. The maximum absolute atomic E-state index is 11.7. The molecule has 0 bridgehead atoms. The van der Waals surface area contributed by atoms with Crippen LogP contribution in [0.1, 0.15) is 30.2 Å². The largest absolute Gasteiger partial charge is 0.476 e. The molecule has 0 aliphatic heterocycles. The standard InChI is InChI=1S/C10H9N3O3S2/c1-5-4-17-7(13-5)3-11-8(14)6-2-12-9(18-6)10(15)16/h2,4H,3H2,1H3,(H,11,14)(H,15,16). The number of carboxylic acids is 1. The Bertz CT molecular complexity index is 591. The highest BCUT2D eigenvalue weighted by Gasteiger charge is 2.14. The summed E-state index contributed by atoms with van der Waals surface area (Å²) in [7, 11) is 0. The van der Waals surface area contributed by atoms with Crippen molar-refractivity contribution < 1.29 is 14.7 Å². The van der Waals surface area contributed by atoms with Crippen LogP contribution in [0.25, 0.3) is 0 Å². The Kier molecular flexibility index (Phi) is 3.68. The fourth-order valence-corrected chi connectivity index (χ4v) is 2.59. The van der Waals surface area contributed by atoms with E-state index in [0.717, 1.165) is 22.0 Å². The number of rotatable bonds is 4. The Hall–Kier alpha value is -1.80. The summed E-state index contributed by atoms with van der Waals surface area (Å²) < 4.78 is 0. The van der Waals surface area contributed by atoms with Crippen molar-refractivity contribution in [2.45, 2.75) is 13.5 Å². The zero-order valence-electron chi connectivity index (χ0n) is 9.34. The number of carbonyl (C=O) groups is 2. The highest BCUT2D eigenvalue weighted by atomic mass is 32.1. The van der Waals surface area contributed by atoms with E-state index in [4.69, 9.17) is 5.11 Å². The summed E-state index contributed by atoms with van der Waals surface area (Å²) in [5.74, 6) is -1.47. The van der Waals surface area contributed by atoms with Gasteiger partial charge >= 0.3 is 5.97 Å². The first-order chi connectivity index (χ1) is 8.56. The molecule has 2 N–H and O–H groups in total. The summed E-state index contributed by atoms with van der Waals surface area (Å²) in [5, 5.41) is 14.0. The van der Waals surface area contributed by atoms with Gasteiger partial charge in [-0.15, -0.1) is 22.7 Å². The third-order valence-corrected chi connectivity index (χ3v) is 3.93. The van der Waals surface area contributed by atoms with E-state index < -0.39 is 5.97 Å². The fourth-order valence-electron chi connectivity index (χ4n) is 1.20. The Morgan fingerprint density at radius 2 is 2.28 bits per heavy atom. The van der Waals surface area contributed by atoms with Crippen molar-refractivity contribution in [1.82, 2.24) is 15.3 Å². The van der Waals surface area contributed by atoms with E-state index in [-0.39, 0.29) is 15.8 Å². The molecule has 0 saturated carbocycles. The summed E-state index contributed by atoms with van der Waals surface area (Å²) in [6, 6.07) is 0. The van der Waals surface area contributed by atoms with Gasteiger partial charge in [-0.1, -0.05) is 0 Å². The smallest absolute Gasteiger partial charge is 0.365 e. The van der Waals surface area contributed by atoms with E-state index in [1.807, 2.05) is 12.3 Å². The first-order valence-electron chi connectivity index (χ1n) is 4.94. The van der Waals surface area contributed by atoms with Crippen LogP contribution in [-0.2, 0) is 6.54 Å². The van der Waals surface area contributed by atoms with Crippen molar-refractivity contribution in [3.05, 3.63) is 32.2 Å². The molecule has 18 heavy (non-hydrogen) atoms. The summed E-state index contributed by atoms with van der Waals surface area (Å²) in [6.07, 6.45) is 1.26. The molecule has 0 unspecified atom stereocenters. The monoisotopic (exact) mass is 283 g/mol. The summed E-state index contributed by atoms with van der Waals surface area (Å²) in [5.41, 5.74) is 0.912. The molecular weight excluding hydrogens is 274 g/mol. The second kappa shape index (κ2) is 5.23. The van der Waals surface area contributed by atoms with Crippen LogP contribution in [0, 0.1) is 6.92 Å². The highest BCUT2D eigenvalue weighted by molar-refractivity contribution is 7.15. The molecular formula is C10H9N3O3S2. The van der Waals surface area contributed by atoms with E-state index >= 15 is 0 Å². The molecule has 0 aliphatic rings. The number of carbonyl (C=O) groups excluding carboxylic acids is 1. The quantitative estimate of drug-likeness (QED) is 0.888. The molecule has 0 radical (unpaired) electrons. The number of hydrogen-bond acceptors (Lipinski definition) is 6. The SMILES string of the molecule is Cc1csc(CNC(=O)c2cnc(C(=O)O)s2)n1. The number of nitrogens with one attached hydrogen (secondary N) is 1. The van der Waals surface area contributed by atoms with Gasteiger partial charge in [0.25, 0.3) is 5.91 Å². The molecule has 0 atom stereocenters. The maximum atomic E-state index is 11.7. The van der Waals surface area contributed by atoms with E-state index in [1.165, 1.54) is 17.5 Å². The number of aromatic nitrogens is 2. The Labute approximate surface area is 110 Å². The van der Waals surface area contributed by atoms with Crippen LogP contribution in [0.2, 0.25) is 0 Å². The molecule has 0 aliphatic carbocycles. The van der Waals surface area contributed by atoms with Crippen molar-refractivity contribution in [2.24, 2.45) is 0 Å². The fraction of sp³-hybridized carbons (Fsp3) is 0.200. The Morgan fingerprint density at radius 3 is 2.83 bits per heavy atom. The molecule has 1 amide bonds. The number of hydrogen-bond donors (Lipinski definition) is 2. The number of aromatic carboxylic acids is 1. The number of nitrogens with zero attached hydrogens (tertiary/aromatic N) is 2. The molecule has 0 saturated heterocycles. The normalized spacial score (nSPS) is 10.3. The minimum atomic E-state index is -1.13. The van der Waals surface area contributed by atoms with Gasteiger partial charge in [-0.2, -0.15) is 0 Å². The van der Waals surface area contributed by atoms with Gasteiger partial charge in [0, 0.05) is 11.1 Å². The number of carboxylic acid groups (broad SMARTS) is 1. The van der Waals surface area contributed by atoms with E-state index in [2.05, 4.69) is 15.3 Å². The highest BCUT2D eigenvalue weighted by Crippen LogP contribution is 2.13. The summed E-state index contributed by atoms with van der Waals surface area (Å²) >= 11 is 2.31. The predicted octanol–water partition coefficient (Wildman–Crippen LogP) is 1.54. The van der Waals surface area contributed by atoms with Gasteiger partial charge in [0.15, 0.2) is 0 Å². The second-order valence-corrected chi connectivity index (χ2v) is 5.37. The third kappa shape index (κ3) is 2.90. The number of thiazole rings is 2. The van der Waals surface area contributed by atoms with Gasteiger partial charge in [0.05, 0.1) is 12.7 Å². The molecule has 2 aromatic heterocycles.